The summed E-state index contributed by atoms with van der Waals surface area (Å²) in [4.78, 5) is 6.72. The summed E-state index contributed by atoms with van der Waals surface area (Å²) in [6, 6.07) is 4.31. The minimum Gasteiger partial charge on any atom is -0.377 e. The zero-order valence-corrected chi connectivity index (χ0v) is 13.0. The van der Waals surface area contributed by atoms with Crippen molar-refractivity contribution in [3.63, 3.8) is 0 Å². The van der Waals surface area contributed by atoms with Crippen molar-refractivity contribution in [2.24, 2.45) is 4.99 Å². The summed E-state index contributed by atoms with van der Waals surface area (Å²) in [5.74, 6) is 0.877. The lowest BCUT2D eigenvalue weighted by atomic mass is 9.82. The van der Waals surface area contributed by atoms with E-state index in [1.54, 1.807) is 0 Å². The van der Waals surface area contributed by atoms with Gasteiger partial charge in [0.1, 0.15) is 5.84 Å². The average molecular weight is 269 g/mol. The number of fused-ring (bicyclic) bond motifs is 1. The van der Waals surface area contributed by atoms with E-state index in [1.165, 1.54) is 11.3 Å². The zero-order chi connectivity index (χ0) is 15.1. The number of hydrogen-bond donors (Lipinski definition) is 1. The second-order valence-electron chi connectivity index (χ2n) is 6.01. The van der Waals surface area contributed by atoms with Crippen LogP contribution in [0.1, 0.15) is 31.9 Å². The van der Waals surface area contributed by atoms with E-state index in [1.807, 2.05) is 13.0 Å². The Morgan fingerprint density at radius 1 is 1.30 bits per heavy atom. The van der Waals surface area contributed by atoms with Crippen LogP contribution in [-0.4, -0.2) is 19.9 Å². The van der Waals surface area contributed by atoms with E-state index in [0.29, 0.717) is 0 Å². The van der Waals surface area contributed by atoms with Crippen molar-refractivity contribution >= 4 is 22.9 Å². The Hall–Kier alpha value is -2.03. The monoisotopic (exact) mass is 269 g/mol. The van der Waals surface area contributed by atoms with Crippen molar-refractivity contribution in [3.8, 4) is 0 Å². The molecule has 3 heteroatoms. The van der Waals surface area contributed by atoms with Crippen molar-refractivity contribution in [2.45, 2.75) is 26.2 Å². The predicted octanol–water partition coefficient (Wildman–Crippen LogP) is 3.84. The Bertz CT molecular complexity index is 607. The SMILES string of the molecule is C=CC(C)(C)c1cc2c(cc1N(C)C)C(=C)NC(C)=N2. The second kappa shape index (κ2) is 4.82. The van der Waals surface area contributed by atoms with Gasteiger partial charge in [-0.1, -0.05) is 26.5 Å². The highest BCUT2D eigenvalue weighted by Crippen LogP contribution is 2.40. The summed E-state index contributed by atoms with van der Waals surface area (Å²) in [7, 11) is 4.11. The molecule has 0 aromatic heterocycles. The number of nitrogens with one attached hydrogen (secondary N) is 1. The van der Waals surface area contributed by atoms with Crippen molar-refractivity contribution < 1.29 is 0 Å². The van der Waals surface area contributed by atoms with E-state index in [2.05, 4.69) is 68.4 Å². The van der Waals surface area contributed by atoms with Gasteiger partial charge in [-0.05, 0) is 24.6 Å². The third-order valence-electron chi connectivity index (χ3n) is 3.75. The smallest absolute Gasteiger partial charge is 0.103 e. The van der Waals surface area contributed by atoms with Crippen molar-refractivity contribution in [3.05, 3.63) is 42.5 Å². The molecule has 0 radical (unpaired) electrons. The third-order valence-corrected chi connectivity index (χ3v) is 3.75. The fourth-order valence-corrected chi connectivity index (χ4v) is 2.40. The summed E-state index contributed by atoms with van der Waals surface area (Å²) in [5, 5.41) is 3.19. The first-order valence-corrected chi connectivity index (χ1v) is 6.77. The molecule has 0 fully saturated rings. The quantitative estimate of drug-likeness (QED) is 0.844. The highest BCUT2D eigenvalue weighted by molar-refractivity contribution is 5.97. The standard InChI is InChI=1S/C17H23N3/c1-8-17(4,5)14-10-15-13(9-16(14)20(6)7)11(2)18-12(3)19-15/h8-10H,1-2H2,3-7H3,(H,18,19). The van der Waals surface area contributed by atoms with Gasteiger partial charge in [0.15, 0.2) is 0 Å². The topological polar surface area (TPSA) is 27.6 Å². The molecule has 0 spiro atoms. The normalized spacial score (nSPS) is 14.2. The second-order valence-corrected chi connectivity index (χ2v) is 6.01. The van der Waals surface area contributed by atoms with Crippen LogP contribution >= 0.6 is 0 Å². The summed E-state index contributed by atoms with van der Waals surface area (Å²) in [6.45, 7) is 14.3. The van der Waals surface area contributed by atoms with Gasteiger partial charge in [-0.15, -0.1) is 6.58 Å². The molecule has 1 N–H and O–H groups in total. The van der Waals surface area contributed by atoms with Gasteiger partial charge in [0.2, 0.25) is 0 Å². The van der Waals surface area contributed by atoms with E-state index in [0.717, 1.165) is 22.8 Å². The van der Waals surface area contributed by atoms with Gasteiger partial charge in [-0.2, -0.15) is 0 Å². The van der Waals surface area contributed by atoms with Gasteiger partial charge in [0, 0.05) is 36.5 Å². The molecule has 0 bridgehead atoms. The van der Waals surface area contributed by atoms with Crippen LogP contribution in [0.5, 0.6) is 0 Å². The molecule has 0 atom stereocenters. The Morgan fingerprint density at radius 3 is 2.50 bits per heavy atom. The molecule has 1 heterocycles. The number of rotatable bonds is 3. The Balaban J connectivity index is 2.74. The molecule has 1 aliphatic heterocycles. The minimum atomic E-state index is -0.107. The van der Waals surface area contributed by atoms with Gasteiger partial charge < -0.3 is 10.2 Å². The van der Waals surface area contributed by atoms with Crippen molar-refractivity contribution in [1.29, 1.82) is 0 Å². The molecule has 0 saturated heterocycles. The van der Waals surface area contributed by atoms with Crippen LogP contribution in [0.15, 0.2) is 36.4 Å². The number of anilines is 1. The molecule has 0 amide bonds. The lowest BCUT2D eigenvalue weighted by molar-refractivity contribution is 0.670. The van der Waals surface area contributed by atoms with E-state index in [9.17, 15) is 0 Å². The third kappa shape index (κ3) is 2.36. The fourth-order valence-electron chi connectivity index (χ4n) is 2.40. The molecule has 20 heavy (non-hydrogen) atoms. The van der Waals surface area contributed by atoms with E-state index in [4.69, 9.17) is 0 Å². The average Bonchev–Trinajstić information content (AvgIpc) is 2.37. The van der Waals surface area contributed by atoms with E-state index < -0.39 is 0 Å². The number of allylic oxidation sites excluding steroid dienone is 1. The maximum atomic E-state index is 4.60. The Morgan fingerprint density at radius 2 is 1.95 bits per heavy atom. The molecule has 3 nitrogen and oxygen atoms in total. The molecular weight excluding hydrogens is 246 g/mol. The highest BCUT2D eigenvalue weighted by atomic mass is 15.1. The summed E-state index contributed by atoms with van der Waals surface area (Å²) in [5.41, 5.74) is 5.22. The first-order chi connectivity index (χ1) is 9.26. The van der Waals surface area contributed by atoms with Crippen LogP contribution < -0.4 is 10.2 Å². The number of benzene rings is 1. The van der Waals surface area contributed by atoms with Crippen molar-refractivity contribution in [1.82, 2.24) is 5.32 Å². The molecule has 0 saturated carbocycles. The van der Waals surface area contributed by atoms with Crippen LogP contribution in [-0.2, 0) is 5.41 Å². The van der Waals surface area contributed by atoms with Gasteiger partial charge in [0.05, 0.1) is 5.69 Å². The van der Waals surface area contributed by atoms with E-state index in [-0.39, 0.29) is 5.41 Å². The summed E-state index contributed by atoms with van der Waals surface area (Å²) in [6.07, 6.45) is 1.98. The predicted molar refractivity (Wildman–Crippen MR) is 88.9 cm³/mol. The number of aliphatic imine (C=N–C) groups is 1. The molecule has 2 rings (SSSR count). The van der Waals surface area contributed by atoms with Crippen LogP contribution in [0.3, 0.4) is 0 Å². The van der Waals surface area contributed by atoms with Crippen LogP contribution in [0, 0.1) is 0 Å². The fraction of sp³-hybridized carbons (Fsp3) is 0.353. The zero-order valence-electron chi connectivity index (χ0n) is 13.0. The number of amidine groups is 1. The first kappa shape index (κ1) is 14.4. The highest BCUT2D eigenvalue weighted by Gasteiger charge is 2.25. The molecule has 106 valence electrons. The molecule has 0 aliphatic carbocycles. The minimum absolute atomic E-state index is 0.107. The van der Waals surface area contributed by atoms with E-state index >= 15 is 0 Å². The lowest BCUT2D eigenvalue weighted by Crippen LogP contribution is -2.24. The van der Waals surface area contributed by atoms with Gasteiger partial charge in [0.25, 0.3) is 0 Å². The Kier molecular flexibility index (Phi) is 3.46. The van der Waals surface area contributed by atoms with Gasteiger partial charge >= 0.3 is 0 Å². The Labute approximate surface area is 121 Å². The van der Waals surface area contributed by atoms with Crippen LogP contribution in [0.2, 0.25) is 0 Å². The first-order valence-electron chi connectivity index (χ1n) is 6.77. The molecule has 0 unspecified atom stereocenters. The molecule has 1 aromatic carbocycles. The van der Waals surface area contributed by atoms with Crippen LogP contribution in [0.25, 0.3) is 5.70 Å². The van der Waals surface area contributed by atoms with Gasteiger partial charge in [-0.3, -0.25) is 0 Å². The molecule has 1 aromatic rings. The number of hydrogen-bond acceptors (Lipinski definition) is 3. The maximum absolute atomic E-state index is 4.60. The van der Waals surface area contributed by atoms with Gasteiger partial charge in [-0.25, -0.2) is 4.99 Å². The van der Waals surface area contributed by atoms with Crippen molar-refractivity contribution in [2.75, 3.05) is 19.0 Å². The largest absolute Gasteiger partial charge is 0.377 e. The number of nitrogens with zero attached hydrogens (tertiary/aromatic N) is 2. The summed E-state index contributed by atoms with van der Waals surface area (Å²) < 4.78 is 0. The van der Waals surface area contributed by atoms with Crippen LogP contribution in [0.4, 0.5) is 11.4 Å². The molecule has 1 aliphatic rings. The molecular formula is C17H23N3. The lowest BCUT2D eigenvalue weighted by Gasteiger charge is -2.30. The summed E-state index contributed by atoms with van der Waals surface area (Å²) >= 11 is 0. The maximum Gasteiger partial charge on any atom is 0.103 e.